The topological polar surface area (TPSA) is 42.4 Å². The molecule has 0 bridgehead atoms. The molecule has 2 N–H and O–H groups in total. The molecule has 1 aromatic heterocycles. The molecule has 0 saturated carbocycles. The normalized spacial score (nSPS) is 22.9. The molecule has 114 valence electrons. The molecule has 0 amide bonds. The van der Waals surface area contributed by atoms with E-state index in [-0.39, 0.29) is 6.04 Å². The summed E-state index contributed by atoms with van der Waals surface area (Å²) in [5.74, 6) is 3.77. The second kappa shape index (κ2) is 7.28. The van der Waals surface area contributed by atoms with Crippen LogP contribution in [0.15, 0.2) is 16.5 Å². The van der Waals surface area contributed by atoms with E-state index in [0.29, 0.717) is 6.54 Å². The van der Waals surface area contributed by atoms with Crippen molar-refractivity contribution in [3.8, 4) is 0 Å². The molecule has 1 aromatic rings. The van der Waals surface area contributed by atoms with Crippen molar-refractivity contribution in [3.05, 3.63) is 23.7 Å². The first-order chi connectivity index (χ1) is 9.65. The second-order valence-corrected chi connectivity index (χ2v) is 6.38. The highest BCUT2D eigenvalue weighted by atomic mass is 16.3. The van der Waals surface area contributed by atoms with Gasteiger partial charge < -0.3 is 10.2 Å². The van der Waals surface area contributed by atoms with Gasteiger partial charge in [0.05, 0.1) is 6.04 Å². The third kappa shape index (κ3) is 3.64. The van der Waals surface area contributed by atoms with Gasteiger partial charge in [0.2, 0.25) is 0 Å². The summed E-state index contributed by atoms with van der Waals surface area (Å²) < 4.78 is 5.93. The van der Waals surface area contributed by atoms with Crippen LogP contribution in [0.4, 0.5) is 0 Å². The zero-order valence-electron chi connectivity index (χ0n) is 13.3. The Kier molecular flexibility index (Phi) is 5.67. The van der Waals surface area contributed by atoms with E-state index in [1.165, 1.54) is 19.3 Å². The van der Waals surface area contributed by atoms with Crippen molar-refractivity contribution >= 4 is 0 Å². The Morgan fingerprint density at radius 1 is 1.30 bits per heavy atom. The fourth-order valence-corrected chi connectivity index (χ4v) is 3.33. The smallest absolute Gasteiger partial charge is 0.122 e. The zero-order chi connectivity index (χ0) is 14.5. The predicted molar refractivity (Wildman–Crippen MR) is 83.6 cm³/mol. The lowest BCUT2D eigenvalue weighted by Crippen LogP contribution is -2.34. The van der Waals surface area contributed by atoms with Crippen molar-refractivity contribution in [2.75, 3.05) is 19.6 Å². The van der Waals surface area contributed by atoms with Crippen LogP contribution in [0.3, 0.4) is 0 Å². The van der Waals surface area contributed by atoms with Crippen molar-refractivity contribution in [2.24, 2.45) is 17.6 Å². The van der Waals surface area contributed by atoms with Gasteiger partial charge in [-0.25, -0.2) is 0 Å². The van der Waals surface area contributed by atoms with Gasteiger partial charge in [0.15, 0.2) is 0 Å². The molecule has 1 saturated heterocycles. The van der Waals surface area contributed by atoms with Gasteiger partial charge in [-0.15, -0.1) is 0 Å². The maximum Gasteiger partial charge on any atom is 0.122 e. The van der Waals surface area contributed by atoms with E-state index in [9.17, 15) is 0 Å². The predicted octanol–water partition coefficient (Wildman–Crippen LogP) is 3.60. The summed E-state index contributed by atoms with van der Waals surface area (Å²) in [6.07, 6.45) is 4.87. The van der Waals surface area contributed by atoms with E-state index in [1.807, 2.05) is 0 Å². The summed E-state index contributed by atoms with van der Waals surface area (Å²) in [6, 6.07) is 4.45. The Labute approximate surface area is 123 Å². The Morgan fingerprint density at radius 2 is 2.10 bits per heavy atom. The molecule has 0 radical (unpaired) electrons. The third-order valence-electron chi connectivity index (χ3n) is 4.77. The molecule has 1 fully saturated rings. The maximum atomic E-state index is 6.03. The summed E-state index contributed by atoms with van der Waals surface area (Å²) in [5.41, 5.74) is 6.03. The number of hydrogen-bond acceptors (Lipinski definition) is 3. The fourth-order valence-electron chi connectivity index (χ4n) is 3.33. The molecule has 0 spiro atoms. The lowest BCUT2D eigenvalue weighted by atomic mass is 9.89. The van der Waals surface area contributed by atoms with E-state index in [4.69, 9.17) is 10.2 Å². The number of nitrogens with zero attached hydrogens (tertiary/aromatic N) is 1. The van der Waals surface area contributed by atoms with Crippen LogP contribution >= 0.6 is 0 Å². The van der Waals surface area contributed by atoms with Crippen LogP contribution in [0.2, 0.25) is 0 Å². The van der Waals surface area contributed by atoms with Gasteiger partial charge in [-0.3, -0.25) is 4.90 Å². The molecule has 1 aliphatic heterocycles. The van der Waals surface area contributed by atoms with Gasteiger partial charge in [-0.05, 0) is 56.3 Å². The van der Waals surface area contributed by atoms with Crippen LogP contribution in [-0.4, -0.2) is 24.5 Å². The summed E-state index contributed by atoms with van der Waals surface area (Å²) in [4.78, 5) is 2.53. The first-order valence-corrected chi connectivity index (χ1v) is 8.18. The summed E-state index contributed by atoms with van der Waals surface area (Å²) in [7, 11) is 0. The molecule has 2 unspecified atom stereocenters. The molecule has 2 atom stereocenters. The Morgan fingerprint density at radius 3 is 2.70 bits per heavy atom. The van der Waals surface area contributed by atoms with E-state index in [0.717, 1.165) is 42.9 Å². The highest BCUT2D eigenvalue weighted by Gasteiger charge is 2.26. The van der Waals surface area contributed by atoms with Crippen molar-refractivity contribution in [3.63, 3.8) is 0 Å². The molecular weight excluding hydrogens is 248 g/mol. The minimum Gasteiger partial charge on any atom is -0.464 e. The Hall–Kier alpha value is -0.800. The van der Waals surface area contributed by atoms with Gasteiger partial charge >= 0.3 is 0 Å². The number of nitrogens with two attached hydrogens (primary N) is 1. The number of furan rings is 1. The summed E-state index contributed by atoms with van der Waals surface area (Å²) in [5, 5.41) is 0. The van der Waals surface area contributed by atoms with Gasteiger partial charge in [-0.1, -0.05) is 20.8 Å². The number of aryl methyl sites for hydroxylation is 1. The van der Waals surface area contributed by atoms with Gasteiger partial charge in [0.25, 0.3) is 0 Å². The average molecular weight is 278 g/mol. The van der Waals surface area contributed by atoms with Gasteiger partial charge in [0.1, 0.15) is 11.5 Å². The fraction of sp³-hybridized carbons (Fsp3) is 0.765. The molecule has 0 aromatic carbocycles. The maximum absolute atomic E-state index is 6.03. The standard InChI is InChI=1S/C17H30N2O/c1-4-15-7-8-17(20-15)16(12-18)19-10-5-6-14(9-11-19)13(2)3/h7-8,13-14,16H,4-6,9-12,18H2,1-3H3. The minimum atomic E-state index is 0.251. The molecule has 0 aliphatic carbocycles. The van der Waals surface area contributed by atoms with Crippen LogP contribution in [0.5, 0.6) is 0 Å². The first-order valence-electron chi connectivity index (χ1n) is 8.18. The highest BCUT2D eigenvalue weighted by Crippen LogP contribution is 2.29. The number of hydrogen-bond donors (Lipinski definition) is 1. The van der Waals surface area contributed by atoms with Crippen LogP contribution in [-0.2, 0) is 6.42 Å². The molecule has 20 heavy (non-hydrogen) atoms. The van der Waals surface area contributed by atoms with Crippen molar-refractivity contribution < 1.29 is 4.42 Å². The lowest BCUT2D eigenvalue weighted by molar-refractivity contribution is 0.180. The summed E-state index contributed by atoms with van der Waals surface area (Å²) >= 11 is 0. The lowest BCUT2D eigenvalue weighted by Gasteiger charge is -2.28. The van der Waals surface area contributed by atoms with Crippen LogP contribution < -0.4 is 5.73 Å². The Bertz CT molecular complexity index is 399. The zero-order valence-corrected chi connectivity index (χ0v) is 13.3. The SMILES string of the molecule is CCc1ccc(C(CN)N2CCCC(C(C)C)CC2)o1. The van der Waals surface area contributed by atoms with Gasteiger partial charge in [-0.2, -0.15) is 0 Å². The third-order valence-corrected chi connectivity index (χ3v) is 4.77. The van der Waals surface area contributed by atoms with Gasteiger partial charge in [0, 0.05) is 13.0 Å². The largest absolute Gasteiger partial charge is 0.464 e. The monoisotopic (exact) mass is 278 g/mol. The molecule has 1 aliphatic rings. The highest BCUT2D eigenvalue weighted by molar-refractivity contribution is 5.11. The van der Waals surface area contributed by atoms with E-state index in [1.54, 1.807) is 0 Å². The number of rotatable bonds is 5. The molecule has 3 nitrogen and oxygen atoms in total. The minimum absolute atomic E-state index is 0.251. The quantitative estimate of drug-likeness (QED) is 0.895. The number of likely N-dealkylation sites (tertiary alicyclic amines) is 1. The molecule has 3 heteroatoms. The van der Waals surface area contributed by atoms with E-state index >= 15 is 0 Å². The summed E-state index contributed by atoms with van der Waals surface area (Å²) in [6.45, 7) is 9.75. The first kappa shape index (κ1) is 15.6. The average Bonchev–Trinajstić information content (AvgIpc) is 2.77. The van der Waals surface area contributed by atoms with Crippen LogP contribution in [0.25, 0.3) is 0 Å². The van der Waals surface area contributed by atoms with E-state index in [2.05, 4.69) is 37.8 Å². The second-order valence-electron chi connectivity index (χ2n) is 6.38. The van der Waals surface area contributed by atoms with E-state index < -0.39 is 0 Å². The van der Waals surface area contributed by atoms with Crippen LogP contribution in [0, 0.1) is 11.8 Å². The molecular formula is C17H30N2O. The molecule has 2 rings (SSSR count). The van der Waals surface area contributed by atoms with Crippen molar-refractivity contribution in [1.29, 1.82) is 0 Å². The van der Waals surface area contributed by atoms with Crippen LogP contribution in [0.1, 0.15) is 57.6 Å². The molecule has 2 heterocycles. The van der Waals surface area contributed by atoms with Crippen molar-refractivity contribution in [2.45, 2.75) is 52.5 Å². The Balaban J connectivity index is 2.04. The van der Waals surface area contributed by atoms with Crippen molar-refractivity contribution in [1.82, 2.24) is 4.90 Å².